The molecule has 4 rings (SSSR count). The summed E-state index contributed by atoms with van der Waals surface area (Å²) in [4.78, 5) is 25.2. The molecule has 1 saturated heterocycles. The first kappa shape index (κ1) is 21.6. The Morgan fingerprint density at radius 3 is 2.58 bits per heavy atom. The number of para-hydroxylation sites is 1. The normalized spacial score (nSPS) is 26.6. The van der Waals surface area contributed by atoms with Gasteiger partial charge in [0.15, 0.2) is 17.0 Å². The van der Waals surface area contributed by atoms with E-state index in [1.165, 1.54) is 0 Å². The third kappa shape index (κ3) is 3.27. The molecule has 2 aromatic carbocycles. The molecule has 9 heteroatoms. The summed E-state index contributed by atoms with van der Waals surface area (Å²) in [6.45, 7) is 6.49. The summed E-state index contributed by atoms with van der Waals surface area (Å²) in [5, 5.41) is 18.5. The smallest absolute Gasteiger partial charge is 0.256 e. The van der Waals surface area contributed by atoms with E-state index in [4.69, 9.17) is 9.47 Å². The van der Waals surface area contributed by atoms with Crippen molar-refractivity contribution >= 4 is 27.5 Å². The van der Waals surface area contributed by atoms with Gasteiger partial charge in [0.25, 0.3) is 11.9 Å². The Morgan fingerprint density at radius 1 is 1.19 bits per heavy atom. The van der Waals surface area contributed by atoms with Crippen LogP contribution in [0.15, 0.2) is 40.9 Å². The van der Waals surface area contributed by atoms with E-state index in [1.807, 2.05) is 26.8 Å². The number of fused-ring (bicyclic) bond motifs is 2. The summed E-state index contributed by atoms with van der Waals surface area (Å²) in [7, 11) is 0. The molecule has 0 aliphatic carbocycles. The molecular weight excluding hydrogens is 466 g/mol. The number of hydrogen-bond acceptors (Lipinski definition) is 6. The summed E-state index contributed by atoms with van der Waals surface area (Å²) in [5.41, 5.74) is 0.462. The SMILES string of the molecule is CCOc1cc([C@@H]2[C@H](C)N[C@@]3(C(=O)Nc4ccccc43)[C@@H]2[N+](=O)[O-])cc(Br)c1OCC. The van der Waals surface area contributed by atoms with Gasteiger partial charge in [-0.15, -0.1) is 0 Å². The fraction of sp³-hybridized carbons (Fsp3) is 0.409. The second-order valence-electron chi connectivity index (χ2n) is 7.69. The van der Waals surface area contributed by atoms with Crippen LogP contribution in [0.2, 0.25) is 0 Å². The molecule has 4 atom stereocenters. The van der Waals surface area contributed by atoms with Crippen molar-refractivity contribution < 1.29 is 19.2 Å². The van der Waals surface area contributed by atoms with Crippen LogP contribution in [-0.2, 0) is 10.3 Å². The zero-order valence-electron chi connectivity index (χ0n) is 17.5. The van der Waals surface area contributed by atoms with Crippen LogP contribution >= 0.6 is 15.9 Å². The summed E-state index contributed by atoms with van der Waals surface area (Å²) in [6, 6.07) is 9.19. The minimum Gasteiger partial charge on any atom is -0.490 e. The third-order valence-electron chi connectivity index (χ3n) is 5.97. The minimum atomic E-state index is -1.44. The van der Waals surface area contributed by atoms with E-state index in [1.54, 1.807) is 30.3 Å². The number of nitro groups is 1. The molecule has 164 valence electrons. The summed E-state index contributed by atoms with van der Waals surface area (Å²) in [5.74, 6) is 0.0983. The molecule has 0 saturated carbocycles. The zero-order chi connectivity index (χ0) is 22.3. The molecule has 31 heavy (non-hydrogen) atoms. The van der Waals surface area contributed by atoms with E-state index in [-0.39, 0.29) is 11.0 Å². The topological polar surface area (TPSA) is 103 Å². The van der Waals surface area contributed by atoms with Crippen LogP contribution < -0.4 is 20.1 Å². The number of benzene rings is 2. The number of nitrogens with one attached hydrogen (secondary N) is 2. The van der Waals surface area contributed by atoms with E-state index >= 15 is 0 Å². The van der Waals surface area contributed by atoms with Gasteiger partial charge in [-0.1, -0.05) is 18.2 Å². The molecule has 2 heterocycles. The van der Waals surface area contributed by atoms with Crippen LogP contribution in [0, 0.1) is 10.1 Å². The highest BCUT2D eigenvalue weighted by atomic mass is 79.9. The Bertz CT molecular complexity index is 1050. The number of nitrogens with zero attached hydrogens (tertiary/aromatic N) is 1. The molecule has 0 bridgehead atoms. The number of carbonyl (C=O) groups is 1. The van der Waals surface area contributed by atoms with Crippen LogP contribution in [0.25, 0.3) is 0 Å². The highest BCUT2D eigenvalue weighted by molar-refractivity contribution is 9.10. The van der Waals surface area contributed by atoms with Gasteiger partial charge in [0, 0.05) is 22.2 Å². The molecule has 1 fully saturated rings. The Labute approximate surface area is 188 Å². The van der Waals surface area contributed by atoms with Crippen LogP contribution in [0.1, 0.15) is 37.8 Å². The molecule has 2 N–H and O–H groups in total. The first-order valence-corrected chi connectivity index (χ1v) is 11.1. The molecule has 8 nitrogen and oxygen atoms in total. The molecule has 1 spiro atoms. The highest BCUT2D eigenvalue weighted by Gasteiger charge is 2.67. The number of amides is 1. The fourth-order valence-electron chi connectivity index (χ4n) is 4.88. The van der Waals surface area contributed by atoms with E-state index in [0.717, 1.165) is 0 Å². The van der Waals surface area contributed by atoms with Gasteiger partial charge in [0.05, 0.1) is 23.6 Å². The maximum atomic E-state index is 13.1. The average molecular weight is 490 g/mol. The first-order chi connectivity index (χ1) is 14.8. The zero-order valence-corrected chi connectivity index (χ0v) is 19.1. The number of ether oxygens (including phenoxy) is 2. The monoisotopic (exact) mass is 489 g/mol. The average Bonchev–Trinajstić information content (AvgIpc) is 3.19. The van der Waals surface area contributed by atoms with E-state index in [0.29, 0.717) is 46.0 Å². The molecular formula is C22H24BrN3O5. The Kier molecular flexibility index (Phi) is 5.65. The van der Waals surface area contributed by atoms with Crippen molar-refractivity contribution in [1.82, 2.24) is 5.32 Å². The third-order valence-corrected chi connectivity index (χ3v) is 6.56. The standard InChI is InChI=1S/C22H24BrN3O5/c1-4-30-17-11-13(10-15(23)19(17)31-5-2)18-12(3)25-22(20(18)26(28)29)14-8-6-7-9-16(14)24-21(22)27/h6-12,18,20,25H,4-5H2,1-3H3,(H,24,27)/t12-,18-,20+,22+/m0/s1. The van der Waals surface area contributed by atoms with Gasteiger partial charge in [-0.25, -0.2) is 0 Å². The number of carbonyl (C=O) groups excluding carboxylic acids is 1. The molecule has 2 aliphatic rings. The van der Waals surface area contributed by atoms with Gasteiger partial charge >= 0.3 is 0 Å². The fourth-order valence-corrected chi connectivity index (χ4v) is 5.46. The van der Waals surface area contributed by atoms with Gasteiger partial charge < -0.3 is 14.8 Å². The van der Waals surface area contributed by atoms with Crippen LogP contribution in [-0.4, -0.2) is 36.1 Å². The Balaban J connectivity index is 1.87. The first-order valence-electron chi connectivity index (χ1n) is 10.3. The van der Waals surface area contributed by atoms with Gasteiger partial charge in [-0.3, -0.25) is 20.2 Å². The van der Waals surface area contributed by atoms with Gasteiger partial charge in [-0.2, -0.15) is 0 Å². The van der Waals surface area contributed by atoms with Crippen LogP contribution in [0.5, 0.6) is 11.5 Å². The second-order valence-corrected chi connectivity index (χ2v) is 8.55. The van der Waals surface area contributed by atoms with Crippen molar-refractivity contribution in [2.75, 3.05) is 18.5 Å². The van der Waals surface area contributed by atoms with Crippen molar-refractivity contribution in [3.63, 3.8) is 0 Å². The largest absolute Gasteiger partial charge is 0.490 e. The summed E-state index contributed by atoms with van der Waals surface area (Å²) >= 11 is 3.53. The number of rotatable bonds is 6. The van der Waals surface area contributed by atoms with E-state index in [2.05, 4.69) is 26.6 Å². The maximum Gasteiger partial charge on any atom is 0.256 e. The minimum absolute atomic E-state index is 0.340. The summed E-state index contributed by atoms with van der Waals surface area (Å²) in [6.07, 6.45) is 0. The highest BCUT2D eigenvalue weighted by Crippen LogP contribution is 2.51. The second kappa shape index (κ2) is 8.12. The van der Waals surface area contributed by atoms with Gasteiger partial charge in [0.1, 0.15) is 0 Å². The molecule has 1 amide bonds. The lowest BCUT2D eigenvalue weighted by molar-refractivity contribution is -0.532. The van der Waals surface area contributed by atoms with Gasteiger partial charge in [-0.05, 0) is 60.5 Å². The van der Waals surface area contributed by atoms with Crippen LogP contribution in [0.4, 0.5) is 5.69 Å². The van der Waals surface area contributed by atoms with Crippen molar-refractivity contribution in [2.45, 2.75) is 44.3 Å². The van der Waals surface area contributed by atoms with Crippen molar-refractivity contribution in [1.29, 1.82) is 0 Å². The molecule has 0 unspecified atom stereocenters. The molecule has 0 radical (unpaired) electrons. The van der Waals surface area contributed by atoms with E-state index < -0.39 is 23.4 Å². The van der Waals surface area contributed by atoms with Crippen molar-refractivity contribution in [3.05, 3.63) is 62.1 Å². The maximum absolute atomic E-state index is 13.1. The Hall–Kier alpha value is -2.65. The van der Waals surface area contributed by atoms with Crippen LogP contribution in [0.3, 0.4) is 0 Å². The van der Waals surface area contributed by atoms with Gasteiger partial charge in [0.2, 0.25) is 0 Å². The molecule has 0 aromatic heterocycles. The van der Waals surface area contributed by atoms with Crippen molar-refractivity contribution in [2.24, 2.45) is 0 Å². The lowest BCUT2D eigenvalue weighted by atomic mass is 9.78. The molecule has 2 aliphatic heterocycles. The quantitative estimate of drug-likeness (QED) is 0.472. The predicted molar refractivity (Wildman–Crippen MR) is 119 cm³/mol. The number of anilines is 1. The van der Waals surface area contributed by atoms with E-state index in [9.17, 15) is 14.9 Å². The van der Waals surface area contributed by atoms with Crippen molar-refractivity contribution in [3.8, 4) is 11.5 Å². The predicted octanol–water partition coefficient (Wildman–Crippen LogP) is 3.81. The summed E-state index contributed by atoms with van der Waals surface area (Å²) < 4.78 is 12.1. The number of hydrogen-bond donors (Lipinski definition) is 2. The number of halogens is 1. The Morgan fingerprint density at radius 2 is 1.90 bits per heavy atom. The lowest BCUT2D eigenvalue weighted by Crippen LogP contribution is -2.54. The molecule has 2 aromatic rings. The lowest BCUT2D eigenvalue weighted by Gasteiger charge is -2.25.